The molecule has 0 bridgehead atoms. The van der Waals surface area contributed by atoms with Gasteiger partial charge in [-0.3, -0.25) is 9.78 Å². The summed E-state index contributed by atoms with van der Waals surface area (Å²) in [5.41, 5.74) is 3.19. The van der Waals surface area contributed by atoms with Crippen molar-refractivity contribution in [2.24, 2.45) is 0 Å². The van der Waals surface area contributed by atoms with Crippen LogP contribution in [0.5, 0.6) is 0 Å². The van der Waals surface area contributed by atoms with E-state index in [0.717, 1.165) is 4.88 Å². The third kappa shape index (κ3) is 2.85. The Bertz CT molecular complexity index is 651. The number of nitrogens with one attached hydrogen (secondary N) is 1. The molecular weight excluding hydrogens is 276 g/mol. The summed E-state index contributed by atoms with van der Waals surface area (Å²) in [5.74, 6) is -1.47. The van der Waals surface area contributed by atoms with Crippen LogP contribution in [-0.2, 0) is 6.54 Å². The molecule has 0 unspecified atom stereocenters. The van der Waals surface area contributed by atoms with Gasteiger partial charge in [-0.15, -0.1) is 11.3 Å². The predicted molar refractivity (Wildman–Crippen MR) is 76.2 cm³/mol. The highest BCUT2D eigenvalue weighted by Crippen LogP contribution is 2.19. The molecule has 2 rings (SSSR count). The second kappa shape index (κ2) is 5.83. The number of carboxylic acids is 1. The van der Waals surface area contributed by atoms with E-state index < -0.39 is 5.97 Å². The number of benzene rings is 1. The Morgan fingerprint density at radius 3 is 2.45 bits per heavy atom. The van der Waals surface area contributed by atoms with Crippen molar-refractivity contribution in [2.45, 2.75) is 20.4 Å². The summed E-state index contributed by atoms with van der Waals surface area (Å²) in [5, 5.41) is 12.0. The Labute approximate surface area is 120 Å². The number of amides is 1. The quantitative estimate of drug-likeness (QED) is 0.906. The fourth-order valence-electron chi connectivity index (χ4n) is 1.96. The number of aryl methyl sites for hydroxylation is 2. The smallest absolute Gasteiger partial charge is 0.336 e. The minimum atomic E-state index is -1.09. The van der Waals surface area contributed by atoms with Gasteiger partial charge in [0.1, 0.15) is 0 Å². The van der Waals surface area contributed by atoms with Crippen molar-refractivity contribution in [3.63, 3.8) is 0 Å². The summed E-state index contributed by atoms with van der Waals surface area (Å²) in [6.07, 6.45) is 1.67. The van der Waals surface area contributed by atoms with Gasteiger partial charge in [-0.2, -0.15) is 0 Å². The van der Waals surface area contributed by atoms with Crippen LogP contribution in [0.4, 0.5) is 0 Å². The van der Waals surface area contributed by atoms with E-state index in [1.54, 1.807) is 37.7 Å². The molecule has 6 heteroatoms. The maximum absolute atomic E-state index is 12.2. The molecular formula is C14H14N2O3S. The Balaban J connectivity index is 2.29. The zero-order valence-corrected chi connectivity index (χ0v) is 12.0. The molecule has 0 fully saturated rings. The summed E-state index contributed by atoms with van der Waals surface area (Å²) in [6.45, 7) is 3.76. The van der Waals surface area contributed by atoms with E-state index in [1.165, 1.54) is 11.3 Å². The fourth-order valence-corrected chi connectivity index (χ4v) is 2.50. The second-order valence-corrected chi connectivity index (χ2v) is 5.38. The average Bonchev–Trinajstić information content (AvgIpc) is 2.91. The summed E-state index contributed by atoms with van der Waals surface area (Å²) in [6, 6.07) is 3.46. The number of carbonyl (C=O) groups is 2. The fraction of sp³-hybridized carbons (Fsp3) is 0.214. The van der Waals surface area contributed by atoms with Crippen LogP contribution in [0.2, 0.25) is 0 Å². The number of hydrogen-bond donors (Lipinski definition) is 2. The van der Waals surface area contributed by atoms with Gasteiger partial charge in [0.15, 0.2) is 0 Å². The van der Waals surface area contributed by atoms with Crippen molar-refractivity contribution >= 4 is 23.2 Å². The number of rotatable bonds is 4. The van der Waals surface area contributed by atoms with Gasteiger partial charge in [-0.05, 0) is 25.0 Å². The minimum absolute atomic E-state index is 0.0619. The molecule has 5 nitrogen and oxygen atoms in total. The van der Waals surface area contributed by atoms with Crippen molar-refractivity contribution in [1.82, 2.24) is 10.3 Å². The largest absolute Gasteiger partial charge is 0.478 e. The van der Waals surface area contributed by atoms with Crippen LogP contribution < -0.4 is 5.32 Å². The molecule has 0 saturated carbocycles. The standard InChI is InChI=1S/C14H14N2O3S/c1-8-3-4-9(2)12(14(18)19)11(8)13(17)16-6-10-5-15-7-20-10/h3-5,7H,6H2,1-2H3,(H,16,17)(H,18,19). The number of thiazole rings is 1. The van der Waals surface area contributed by atoms with Gasteiger partial charge < -0.3 is 10.4 Å². The third-order valence-electron chi connectivity index (χ3n) is 2.97. The molecule has 0 aliphatic rings. The maximum atomic E-state index is 12.2. The molecule has 1 aromatic carbocycles. The Hall–Kier alpha value is -2.21. The van der Waals surface area contributed by atoms with Gasteiger partial charge in [0.25, 0.3) is 5.91 Å². The summed E-state index contributed by atoms with van der Waals surface area (Å²) >= 11 is 1.44. The Morgan fingerprint density at radius 2 is 1.90 bits per heavy atom. The molecule has 1 aromatic heterocycles. The molecule has 104 valence electrons. The lowest BCUT2D eigenvalue weighted by Gasteiger charge is -2.12. The molecule has 0 spiro atoms. The van der Waals surface area contributed by atoms with Crippen LogP contribution in [0.15, 0.2) is 23.8 Å². The van der Waals surface area contributed by atoms with Crippen molar-refractivity contribution in [2.75, 3.05) is 0 Å². The summed E-state index contributed by atoms with van der Waals surface area (Å²) in [4.78, 5) is 28.4. The highest BCUT2D eigenvalue weighted by Gasteiger charge is 2.21. The van der Waals surface area contributed by atoms with Gasteiger partial charge in [0, 0.05) is 11.1 Å². The molecule has 1 amide bonds. The number of aromatic nitrogens is 1. The van der Waals surface area contributed by atoms with Crippen LogP contribution >= 0.6 is 11.3 Å². The lowest BCUT2D eigenvalue weighted by Crippen LogP contribution is -2.26. The number of carboxylic acid groups (broad SMARTS) is 1. The highest BCUT2D eigenvalue weighted by atomic mass is 32.1. The van der Waals surface area contributed by atoms with E-state index in [0.29, 0.717) is 17.7 Å². The van der Waals surface area contributed by atoms with E-state index in [2.05, 4.69) is 10.3 Å². The Morgan fingerprint density at radius 1 is 1.25 bits per heavy atom. The first-order valence-corrected chi connectivity index (χ1v) is 6.87. The number of hydrogen-bond acceptors (Lipinski definition) is 4. The lowest BCUT2D eigenvalue weighted by molar-refractivity contribution is 0.0690. The highest BCUT2D eigenvalue weighted by molar-refractivity contribution is 7.09. The van der Waals surface area contributed by atoms with Crippen LogP contribution in [0.1, 0.15) is 36.7 Å². The normalized spacial score (nSPS) is 10.3. The zero-order chi connectivity index (χ0) is 14.7. The van der Waals surface area contributed by atoms with Crippen LogP contribution in [-0.4, -0.2) is 22.0 Å². The molecule has 0 radical (unpaired) electrons. The number of carbonyl (C=O) groups excluding carboxylic acids is 1. The molecule has 0 aliphatic heterocycles. The SMILES string of the molecule is Cc1ccc(C)c(C(=O)NCc2cncs2)c1C(=O)O. The zero-order valence-electron chi connectivity index (χ0n) is 11.1. The van der Waals surface area contributed by atoms with E-state index >= 15 is 0 Å². The van der Waals surface area contributed by atoms with Gasteiger partial charge in [-0.1, -0.05) is 12.1 Å². The van der Waals surface area contributed by atoms with Crippen molar-refractivity contribution in [3.05, 3.63) is 51.0 Å². The first-order valence-electron chi connectivity index (χ1n) is 5.99. The second-order valence-electron chi connectivity index (χ2n) is 4.40. The van der Waals surface area contributed by atoms with Crippen LogP contribution in [0.25, 0.3) is 0 Å². The topological polar surface area (TPSA) is 79.3 Å². The molecule has 20 heavy (non-hydrogen) atoms. The van der Waals surface area contributed by atoms with Crippen LogP contribution in [0.3, 0.4) is 0 Å². The lowest BCUT2D eigenvalue weighted by atomic mass is 9.96. The van der Waals surface area contributed by atoms with Gasteiger partial charge in [0.05, 0.1) is 23.2 Å². The molecule has 0 aliphatic carbocycles. The van der Waals surface area contributed by atoms with E-state index in [1.807, 2.05) is 0 Å². The Kier molecular flexibility index (Phi) is 4.14. The van der Waals surface area contributed by atoms with Crippen LogP contribution in [0, 0.1) is 13.8 Å². The molecule has 2 aromatic rings. The monoisotopic (exact) mass is 290 g/mol. The van der Waals surface area contributed by atoms with Gasteiger partial charge >= 0.3 is 5.97 Å². The average molecular weight is 290 g/mol. The molecule has 2 N–H and O–H groups in total. The summed E-state index contributed by atoms with van der Waals surface area (Å²) in [7, 11) is 0. The predicted octanol–water partition coefficient (Wildman–Crippen LogP) is 2.39. The van der Waals surface area contributed by atoms with Gasteiger partial charge in [0.2, 0.25) is 0 Å². The van der Waals surface area contributed by atoms with E-state index in [4.69, 9.17) is 0 Å². The first kappa shape index (κ1) is 14.2. The molecule has 0 atom stereocenters. The molecule has 1 heterocycles. The third-order valence-corrected chi connectivity index (χ3v) is 3.75. The maximum Gasteiger partial charge on any atom is 0.336 e. The number of nitrogens with zero attached hydrogens (tertiary/aromatic N) is 1. The molecule has 0 saturated heterocycles. The summed E-state index contributed by atoms with van der Waals surface area (Å²) < 4.78 is 0. The van der Waals surface area contributed by atoms with Crippen molar-refractivity contribution < 1.29 is 14.7 Å². The van der Waals surface area contributed by atoms with E-state index in [-0.39, 0.29) is 17.0 Å². The van der Waals surface area contributed by atoms with E-state index in [9.17, 15) is 14.7 Å². The number of aromatic carboxylic acids is 1. The first-order chi connectivity index (χ1) is 9.50. The van der Waals surface area contributed by atoms with Crippen molar-refractivity contribution in [3.8, 4) is 0 Å². The van der Waals surface area contributed by atoms with Crippen molar-refractivity contribution in [1.29, 1.82) is 0 Å². The minimum Gasteiger partial charge on any atom is -0.478 e. The van der Waals surface area contributed by atoms with Gasteiger partial charge in [-0.25, -0.2) is 4.79 Å².